The minimum atomic E-state index is -4.63. The van der Waals surface area contributed by atoms with Crippen LogP contribution < -0.4 is 0 Å². The van der Waals surface area contributed by atoms with E-state index in [1.165, 1.54) is 19.5 Å². The van der Waals surface area contributed by atoms with E-state index in [-0.39, 0.29) is 5.69 Å². The topological polar surface area (TPSA) is 66.7 Å². The van der Waals surface area contributed by atoms with E-state index in [0.717, 1.165) is 16.2 Å². The van der Waals surface area contributed by atoms with Crippen LogP contribution in [0.4, 0.5) is 13.2 Å². The Labute approximate surface area is 145 Å². The second kappa shape index (κ2) is 7.26. The van der Waals surface area contributed by atoms with Crippen molar-refractivity contribution >= 4 is 23.2 Å². The van der Waals surface area contributed by atoms with Crippen molar-refractivity contribution in [2.75, 3.05) is 27.2 Å². The van der Waals surface area contributed by atoms with E-state index in [4.69, 9.17) is 4.42 Å². The Morgan fingerprint density at radius 3 is 2.48 bits per heavy atom. The van der Waals surface area contributed by atoms with Crippen LogP contribution in [0.2, 0.25) is 0 Å². The number of hydrogen-bond acceptors (Lipinski definition) is 5. The summed E-state index contributed by atoms with van der Waals surface area (Å²) in [5.74, 6) is -0.505. The highest BCUT2D eigenvalue weighted by molar-refractivity contribution is 7.13. The molecule has 0 aliphatic rings. The van der Waals surface area contributed by atoms with Gasteiger partial charge < -0.3 is 14.2 Å². The average Bonchev–Trinajstić information content (AvgIpc) is 3.12. The largest absolute Gasteiger partial charge is 0.459 e. The number of carbonyl (C=O) groups excluding carboxylic acids is 2. The second-order valence-electron chi connectivity index (χ2n) is 5.51. The van der Waals surface area contributed by atoms with E-state index in [1.807, 2.05) is 0 Å². The van der Waals surface area contributed by atoms with Crippen LogP contribution in [0, 0.1) is 6.92 Å². The summed E-state index contributed by atoms with van der Waals surface area (Å²) in [5, 5.41) is 1.72. The van der Waals surface area contributed by atoms with Gasteiger partial charge in [-0.25, -0.2) is 4.98 Å². The molecular weight excluding hydrogens is 359 g/mol. The number of aryl methyl sites for hydroxylation is 1. The molecule has 2 amide bonds. The van der Waals surface area contributed by atoms with Crippen LogP contribution in [0.5, 0.6) is 0 Å². The SMILES string of the molecule is Cc1ccc(-c2nc(C(=O)N(CC(=O)N(C)C)CC(F)(F)F)cs2)o1. The summed E-state index contributed by atoms with van der Waals surface area (Å²) in [6.45, 7) is -0.475. The van der Waals surface area contributed by atoms with Crippen LogP contribution in [-0.2, 0) is 4.79 Å². The number of nitrogens with zero attached hydrogens (tertiary/aromatic N) is 3. The highest BCUT2D eigenvalue weighted by Gasteiger charge is 2.35. The molecule has 0 atom stereocenters. The normalized spacial score (nSPS) is 11.4. The Hall–Kier alpha value is -2.36. The number of alkyl halides is 3. The molecule has 0 saturated heterocycles. The van der Waals surface area contributed by atoms with E-state index in [1.54, 1.807) is 19.1 Å². The van der Waals surface area contributed by atoms with Gasteiger partial charge in [-0.3, -0.25) is 9.59 Å². The maximum atomic E-state index is 12.8. The van der Waals surface area contributed by atoms with Crippen molar-refractivity contribution < 1.29 is 27.2 Å². The van der Waals surface area contributed by atoms with E-state index < -0.39 is 31.1 Å². The first-order chi connectivity index (χ1) is 11.6. The van der Waals surface area contributed by atoms with Crippen LogP contribution in [-0.4, -0.2) is 60.0 Å². The lowest BCUT2D eigenvalue weighted by Gasteiger charge is -2.24. The molecule has 0 aliphatic carbocycles. The number of likely N-dealkylation sites (N-methyl/N-ethyl adjacent to an activating group) is 1. The van der Waals surface area contributed by atoms with E-state index in [9.17, 15) is 22.8 Å². The molecule has 0 aliphatic heterocycles. The third-order valence-corrected chi connectivity index (χ3v) is 4.01. The number of thiazole rings is 1. The Morgan fingerprint density at radius 1 is 1.28 bits per heavy atom. The van der Waals surface area contributed by atoms with Crippen LogP contribution in [0.3, 0.4) is 0 Å². The number of rotatable bonds is 5. The molecule has 2 aromatic rings. The lowest BCUT2D eigenvalue weighted by Crippen LogP contribution is -2.45. The monoisotopic (exact) mass is 375 g/mol. The van der Waals surface area contributed by atoms with E-state index >= 15 is 0 Å². The minimum absolute atomic E-state index is 0.162. The Bertz CT molecular complexity index is 767. The fraction of sp³-hybridized carbons (Fsp3) is 0.400. The summed E-state index contributed by atoms with van der Waals surface area (Å²) in [6.07, 6.45) is -4.63. The van der Waals surface area contributed by atoms with Gasteiger partial charge in [0.05, 0.1) is 0 Å². The van der Waals surface area contributed by atoms with Crippen LogP contribution >= 0.6 is 11.3 Å². The summed E-state index contributed by atoms with van der Waals surface area (Å²) in [6, 6.07) is 3.37. The molecule has 10 heteroatoms. The molecule has 6 nitrogen and oxygen atoms in total. The van der Waals surface area contributed by atoms with Crippen molar-refractivity contribution in [3.05, 3.63) is 29.0 Å². The quantitative estimate of drug-likeness (QED) is 0.806. The first-order valence-corrected chi connectivity index (χ1v) is 8.03. The summed E-state index contributed by atoms with van der Waals surface area (Å²) in [7, 11) is 2.80. The molecule has 2 aromatic heterocycles. The Balaban J connectivity index is 2.23. The van der Waals surface area contributed by atoms with Crippen LogP contribution in [0.1, 0.15) is 16.2 Å². The van der Waals surface area contributed by atoms with Crippen molar-refractivity contribution in [3.8, 4) is 10.8 Å². The Kier molecular flexibility index (Phi) is 5.51. The highest BCUT2D eigenvalue weighted by atomic mass is 32.1. The smallest absolute Gasteiger partial charge is 0.406 e. The Morgan fingerprint density at radius 2 is 1.96 bits per heavy atom. The molecule has 0 fully saturated rings. The molecule has 2 rings (SSSR count). The summed E-state index contributed by atoms with van der Waals surface area (Å²) < 4.78 is 43.6. The third kappa shape index (κ3) is 5.05. The fourth-order valence-corrected chi connectivity index (χ4v) is 2.67. The van der Waals surface area contributed by atoms with Gasteiger partial charge in [-0.05, 0) is 19.1 Å². The van der Waals surface area contributed by atoms with Crippen molar-refractivity contribution in [3.63, 3.8) is 0 Å². The number of furan rings is 1. The van der Waals surface area contributed by atoms with Gasteiger partial charge in [0.2, 0.25) is 5.91 Å². The third-order valence-electron chi connectivity index (χ3n) is 3.16. The van der Waals surface area contributed by atoms with Gasteiger partial charge in [0.1, 0.15) is 24.5 Å². The molecule has 0 saturated carbocycles. The zero-order valence-electron chi connectivity index (χ0n) is 13.8. The maximum absolute atomic E-state index is 12.8. The van der Waals surface area contributed by atoms with Gasteiger partial charge in [0.25, 0.3) is 5.91 Å². The van der Waals surface area contributed by atoms with Crippen LogP contribution in [0.15, 0.2) is 21.9 Å². The van der Waals surface area contributed by atoms with E-state index in [0.29, 0.717) is 21.4 Å². The van der Waals surface area contributed by atoms with Gasteiger partial charge in [-0.2, -0.15) is 13.2 Å². The molecule has 0 unspecified atom stereocenters. The maximum Gasteiger partial charge on any atom is 0.406 e. The lowest BCUT2D eigenvalue weighted by molar-refractivity contribution is -0.146. The van der Waals surface area contributed by atoms with Crippen molar-refractivity contribution in [2.24, 2.45) is 0 Å². The average molecular weight is 375 g/mol. The number of carbonyl (C=O) groups is 2. The van der Waals surface area contributed by atoms with E-state index in [2.05, 4.69) is 4.98 Å². The summed E-state index contributed by atoms with van der Waals surface area (Å²) >= 11 is 1.08. The highest BCUT2D eigenvalue weighted by Crippen LogP contribution is 2.26. The number of hydrogen-bond donors (Lipinski definition) is 0. The molecule has 136 valence electrons. The molecular formula is C15H16F3N3O3S. The van der Waals surface area contributed by atoms with Crippen LogP contribution in [0.25, 0.3) is 10.8 Å². The van der Waals surface area contributed by atoms with Gasteiger partial charge in [0, 0.05) is 19.5 Å². The minimum Gasteiger partial charge on any atom is -0.459 e. The summed E-state index contributed by atoms with van der Waals surface area (Å²) in [4.78, 5) is 29.7. The van der Waals surface area contributed by atoms with Gasteiger partial charge >= 0.3 is 6.18 Å². The first-order valence-electron chi connectivity index (χ1n) is 7.15. The standard InChI is InChI=1S/C15H16F3N3O3S/c1-9-4-5-11(24-9)13-19-10(7-25-13)14(23)21(8-15(16,17)18)6-12(22)20(2)3/h4-5,7H,6,8H2,1-3H3. The van der Waals surface area contributed by atoms with Crippen molar-refractivity contribution in [2.45, 2.75) is 13.1 Å². The van der Waals surface area contributed by atoms with Crippen molar-refractivity contribution in [1.82, 2.24) is 14.8 Å². The molecule has 0 bridgehead atoms. The van der Waals surface area contributed by atoms with Gasteiger partial charge in [-0.15, -0.1) is 11.3 Å². The molecule has 0 spiro atoms. The number of aromatic nitrogens is 1. The van der Waals surface area contributed by atoms with Gasteiger partial charge in [-0.1, -0.05) is 0 Å². The fourth-order valence-electron chi connectivity index (χ4n) is 1.92. The molecule has 0 aromatic carbocycles. The number of amides is 2. The first kappa shape index (κ1) is 19.0. The zero-order chi connectivity index (χ0) is 18.8. The van der Waals surface area contributed by atoms with Crippen molar-refractivity contribution in [1.29, 1.82) is 0 Å². The molecule has 0 radical (unpaired) electrons. The molecule has 2 heterocycles. The predicted molar refractivity (Wildman–Crippen MR) is 85.2 cm³/mol. The predicted octanol–water partition coefficient (Wildman–Crippen LogP) is 2.80. The molecule has 25 heavy (non-hydrogen) atoms. The lowest BCUT2D eigenvalue weighted by atomic mass is 10.3. The van der Waals surface area contributed by atoms with Gasteiger partial charge in [0.15, 0.2) is 10.8 Å². The number of halogens is 3. The second-order valence-corrected chi connectivity index (χ2v) is 6.37. The molecule has 0 N–H and O–H groups in total. The summed E-state index contributed by atoms with van der Waals surface area (Å²) in [5.41, 5.74) is -0.162. The zero-order valence-corrected chi connectivity index (χ0v) is 14.6.